The Hall–Kier alpha value is -7.96. The zero-order chi connectivity index (χ0) is 33.8. The molecule has 0 radical (unpaired) electrons. The summed E-state index contributed by atoms with van der Waals surface area (Å²) in [4.78, 5) is 0. The fraction of sp³-hybridized carbons (Fsp3) is 0.234. The second kappa shape index (κ2) is 21.7. The van der Waals surface area contributed by atoms with Crippen LogP contribution in [-0.4, -0.2) is 12.6 Å². The minimum atomic E-state index is 0.0335. The van der Waals surface area contributed by atoms with Crippen LogP contribution in [0, 0.1) is 237 Å². The van der Waals surface area contributed by atoms with Gasteiger partial charge in [0.1, 0.15) is 0 Å². The second-order valence-electron chi connectivity index (χ2n) is 9.72. The predicted molar refractivity (Wildman–Crippen MR) is 190 cm³/mol. The lowest BCUT2D eigenvalue weighted by molar-refractivity contribution is 0.189. The summed E-state index contributed by atoms with van der Waals surface area (Å²) in [5.41, 5.74) is 0.0335. The molecule has 1 heterocycles. The molecule has 0 amide bonds. The SMILES string of the molecule is C#CC#CC#CC#CC#CC#CC#CC#CC#CC#CC1CCCC12CC1CCNC1C2C#CC#CC#CC#CC#CC#CC#CC#C. The third-order valence-electron chi connectivity index (χ3n) is 7.22. The molecular weight excluding hydrogens is 579 g/mol. The molecule has 1 N–H and O–H groups in total. The van der Waals surface area contributed by atoms with E-state index in [-0.39, 0.29) is 17.3 Å². The van der Waals surface area contributed by atoms with E-state index in [1.165, 1.54) is 0 Å². The van der Waals surface area contributed by atoms with Crippen molar-refractivity contribution in [2.45, 2.75) is 38.1 Å². The van der Waals surface area contributed by atoms with Gasteiger partial charge < -0.3 is 5.32 Å². The van der Waals surface area contributed by atoms with Crippen LogP contribution in [0.25, 0.3) is 0 Å². The molecule has 5 unspecified atom stereocenters. The summed E-state index contributed by atoms with van der Waals surface area (Å²) in [6.45, 7) is 1.02. The zero-order valence-corrected chi connectivity index (χ0v) is 25.7. The maximum absolute atomic E-state index is 5.00. The summed E-state index contributed by atoms with van der Waals surface area (Å²) in [6, 6.07) is 0.356. The van der Waals surface area contributed by atoms with Crippen molar-refractivity contribution < 1.29 is 0 Å². The van der Waals surface area contributed by atoms with Crippen molar-refractivity contribution >= 4 is 0 Å². The standard InChI is InChI=1S/C47H19N/c1-3-5-7-9-11-13-15-17-19-20-21-22-23-25-27-29-31-33-36-44-37-35-40-47(44)42-43-39-41-48-46(43)45(47)38-34-32-30-28-26-24-18-16-14-12-10-8-6-4-2/h1-2,43-46,48H,35,37,39-42H2. The van der Waals surface area contributed by atoms with E-state index in [0.717, 1.165) is 38.6 Å². The number of terminal acetylenes is 2. The third kappa shape index (κ3) is 12.0. The predicted octanol–water partition coefficient (Wildman–Crippen LogP) is 2.09. The molecule has 3 rings (SSSR count). The van der Waals surface area contributed by atoms with Gasteiger partial charge in [0.25, 0.3) is 0 Å². The van der Waals surface area contributed by atoms with Crippen molar-refractivity contribution in [2.24, 2.45) is 23.2 Å². The Labute approximate surface area is 286 Å². The molecule has 3 fully saturated rings. The average Bonchev–Trinajstić information content (AvgIpc) is 3.80. The van der Waals surface area contributed by atoms with E-state index in [1.807, 2.05) is 0 Å². The van der Waals surface area contributed by atoms with Crippen LogP contribution in [0.3, 0.4) is 0 Å². The Morgan fingerprint density at radius 2 is 0.812 bits per heavy atom. The van der Waals surface area contributed by atoms with Gasteiger partial charge in [0.05, 0.1) is 0 Å². The van der Waals surface area contributed by atoms with Crippen LogP contribution in [-0.2, 0) is 0 Å². The number of rotatable bonds is 0. The molecule has 1 saturated heterocycles. The first-order valence-corrected chi connectivity index (χ1v) is 14.5. The molecular formula is C47H19N. The Bertz CT molecular complexity index is 2470. The molecule has 2 saturated carbocycles. The molecule has 1 spiro atoms. The van der Waals surface area contributed by atoms with Gasteiger partial charge in [-0.2, -0.15) is 0 Å². The second-order valence-corrected chi connectivity index (χ2v) is 9.72. The minimum Gasteiger partial charge on any atom is -0.312 e. The van der Waals surface area contributed by atoms with Crippen LogP contribution in [0.15, 0.2) is 0 Å². The first-order chi connectivity index (χ1) is 23.8. The van der Waals surface area contributed by atoms with Gasteiger partial charge >= 0.3 is 0 Å². The van der Waals surface area contributed by atoms with Gasteiger partial charge in [0.2, 0.25) is 0 Å². The van der Waals surface area contributed by atoms with E-state index in [9.17, 15) is 0 Å². The van der Waals surface area contributed by atoms with Crippen LogP contribution < -0.4 is 5.32 Å². The molecule has 0 aromatic carbocycles. The van der Waals surface area contributed by atoms with Crippen LogP contribution in [0.5, 0.6) is 0 Å². The molecule has 3 aliphatic rings. The van der Waals surface area contributed by atoms with E-state index in [2.05, 4.69) is 207 Å². The normalized spacial score (nSPS) is 19.4. The molecule has 0 aromatic heterocycles. The van der Waals surface area contributed by atoms with Gasteiger partial charge in [-0.15, -0.1) is 12.8 Å². The Kier molecular flexibility index (Phi) is 15.6. The lowest BCUT2D eigenvalue weighted by Gasteiger charge is -2.34. The molecule has 48 heavy (non-hydrogen) atoms. The topological polar surface area (TPSA) is 12.0 Å². The summed E-state index contributed by atoms with van der Waals surface area (Å²) in [6.07, 6.45) is 15.5. The van der Waals surface area contributed by atoms with Crippen molar-refractivity contribution in [3.8, 4) is 214 Å². The van der Waals surface area contributed by atoms with Crippen molar-refractivity contribution in [3.63, 3.8) is 0 Å². The highest BCUT2D eigenvalue weighted by Gasteiger charge is 2.58. The Morgan fingerprint density at radius 1 is 0.438 bits per heavy atom. The highest BCUT2D eigenvalue weighted by atomic mass is 15.0. The van der Waals surface area contributed by atoms with Gasteiger partial charge in [-0.25, -0.2) is 0 Å². The number of nitrogens with one attached hydrogen (secondary N) is 1. The highest BCUT2D eigenvalue weighted by molar-refractivity contribution is 5.48. The Balaban J connectivity index is 1.60. The lowest BCUT2D eigenvalue weighted by Crippen LogP contribution is -2.38. The number of hydrogen-bond donors (Lipinski definition) is 1. The monoisotopic (exact) mass is 597 g/mol. The maximum atomic E-state index is 5.00. The van der Waals surface area contributed by atoms with Gasteiger partial charge in [-0.1, -0.05) is 18.3 Å². The van der Waals surface area contributed by atoms with Crippen molar-refractivity contribution in [2.75, 3.05) is 6.54 Å². The van der Waals surface area contributed by atoms with Crippen LogP contribution in [0.1, 0.15) is 32.1 Å². The summed E-state index contributed by atoms with van der Waals surface area (Å²) >= 11 is 0. The summed E-state index contributed by atoms with van der Waals surface area (Å²) in [7, 11) is 0. The average molecular weight is 598 g/mol. The molecule has 0 aromatic rings. The van der Waals surface area contributed by atoms with E-state index in [1.54, 1.807) is 0 Å². The third-order valence-corrected chi connectivity index (χ3v) is 7.22. The first kappa shape index (κ1) is 34.5. The van der Waals surface area contributed by atoms with Crippen molar-refractivity contribution in [1.29, 1.82) is 0 Å². The maximum Gasteiger partial charge on any atom is 0.0437 e. The highest BCUT2D eigenvalue weighted by Crippen LogP contribution is 2.60. The number of hydrogen-bond acceptors (Lipinski definition) is 1. The van der Waals surface area contributed by atoms with Gasteiger partial charge in [0.15, 0.2) is 0 Å². The van der Waals surface area contributed by atoms with Gasteiger partial charge in [-0.05, 0) is 221 Å². The first-order valence-electron chi connectivity index (χ1n) is 14.5. The summed E-state index contributed by atoms with van der Waals surface area (Å²) in [5.74, 6) is 90.5. The van der Waals surface area contributed by atoms with Gasteiger partial charge in [0, 0.05) is 29.7 Å². The quantitative estimate of drug-likeness (QED) is 0.422. The minimum absolute atomic E-state index is 0.0335. The lowest BCUT2D eigenvalue weighted by atomic mass is 9.69. The van der Waals surface area contributed by atoms with E-state index in [4.69, 9.17) is 12.8 Å². The largest absolute Gasteiger partial charge is 0.312 e. The van der Waals surface area contributed by atoms with E-state index < -0.39 is 0 Å². The molecule has 5 atom stereocenters. The van der Waals surface area contributed by atoms with E-state index in [0.29, 0.717) is 12.0 Å². The molecule has 1 heteroatoms. The molecule has 212 valence electrons. The van der Waals surface area contributed by atoms with Crippen molar-refractivity contribution in [3.05, 3.63) is 0 Å². The molecule has 1 nitrogen and oxygen atoms in total. The van der Waals surface area contributed by atoms with Gasteiger partial charge in [-0.3, -0.25) is 0 Å². The fourth-order valence-corrected chi connectivity index (χ4v) is 5.66. The zero-order valence-electron chi connectivity index (χ0n) is 25.7. The summed E-state index contributed by atoms with van der Waals surface area (Å²) < 4.78 is 0. The Morgan fingerprint density at radius 3 is 1.23 bits per heavy atom. The van der Waals surface area contributed by atoms with Crippen molar-refractivity contribution in [1.82, 2.24) is 5.32 Å². The number of fused-ring (bicyclic) bond motifs is 1. The van der Waals surface area contributed by atoms with Crippen LogP contribution in [0.2, 0.25) is 0 Å². The van der Waals surface area contributed by atoms with Crippen LogP contribution in [0.4, 0.5) is 0 Å². The molecule has 1 aliphatic heterocycles. The fourth-order valence-electron chi connectivity index (χ4n) is 5.66. The van der Waals surface area contributed by atoms with Crippen LogP contribution >= 0.6 is 0 Å². The smallest absolute Gasteiger partial charge is 0.0437 e. The van der Waals surface area contributed by atoms with E-state index >= 15 is 0 Å². The molecule has 0 bridgehead atoms. The summed E-state index contributed by atoms with van der Waals surface area (Å²) in [5, 5.41) is 3.69. The molecule has 2 aliphatic carbocycles.